The summed E-state index contributed by atoms with van der Waals surface area (Å²) in [5, 5.41) is 3.09. The third-order valence-corrected chi connectivity index (χ3v) is 7.55. The van der Waals surface area contributed by atoms with Crippen LogP contribution in [0.2, 0.25) is 0 Å². The number of nitrogens with one attached hydrogen (secondary N) is 1. The fourth-order valence-electron chi connectivity index (χ4n) is 5.53. The minimum absolute atomic E-state index is 0.269. The number of esters is 1. The molecule has 3 aromatic rings. The van der Waals surface area contributed by atoms with E-state index in [1.54, 1.807) is 36.3 Å². The first kappa shape index (κ1) is 25.5. The topological polar surface area (TPSA) is 84.9 Å². The Morgan fingerprint density at radius 3 is 2.13 bits per heavy atom. The summed E-state index contributed by atoms with van der Waals surface area (Å²) in [6.45, 7) is 0.553. The van der Waals surface area contributed by atoms with Crippen molar-refractivity contribution < 1.29 is 23.9 Å². The number of hydrogen-bond donors (Lipinski definition) is 1. The lowest BCUT2D eigenvalue weighted by atomic mass is 9.80. The molecule has 38 heavy (non-hydrogen) atoms. The molecule has 196 valence electrons. The lowest BCUT2D eigenvalue weighted by Crippen LogP contribution is -2.49. The molecule has 7 heteroatoms. The molecule has 7 nitrogen and oxygen atoms in total. The quantitative estimate of drug-likeness (QED) is 0.454. The molecule has 2 fully saturated rings. The van der Waals surface area contributed by atoms with Gasteiger partial charge in [0.25, 0.3) is 5.91 Å². The molecule has 1 saturated heterocycles. The summed E-state index contributed by atoms with van der Waals surface area (Å²) in [5.74, 6) is -1.50. The number of likely N-dealkylation sites (tertiary alicyclic amines) is 1. The van der Waals surface area contributed by atoms with Crippen molar-refractivity contribution in [2.45, 2.75) is 30.8 Å². The fraction of sp³-hybridized carbons (Fsp3) is 0.323. The van der Waals surface area contributed by atoms with Crippen molar-refractivity contribution in [1.29, 1.82) is 0 Å². The molecule has 3 aromatic carbocycles. The first-order chi connectivity index (χ1) is 18.5. The Morgan fingerprint density at radius 1 is 0.868 bits per heavy atom. The van der Waals surface area contributed by atoms with Crippen LogP contribution >= 0.6 is 0 Å². The van der Waals surface area contributed by atoms with E-state index in [1.165, 1.54) is 7.11 Å². The van der Waals surface area contributed by atoms with E-state index >= 15 is 0 Å². The Labute approximate surface area is 222 Å². The molecule has 0 spiro atoms. The zero-order valence-corrected chi connectivity index (χ0v) is 21.6. The van der Waals surface area contributed by atoms with Crippen molar-refractivity contribution in [3.8, 4) is 5.75 Å². The summed E-state index contributed by atoms with van der Waals surface area (Å²) in [5.41, 5.74) is 1.94. The van der Waals surface area contributed by atoms with Gasteiger partial charge in [0.2, 0.25) is 5.91 Å². The van der Waals surface area contributed by atoms with Crippen LogP contribution in [-0.2, 0) is 14.3 Å². The summed E-state index contributed by atoms with van der Waals surface area (Å²) in [6, 6.07) is 24.1. The number of rotatable bonds is 8. The number of amides is 2. The maximum atomic E-state index is 14.3. The molecule has 4 atom stereocenters. The molecule has 1 aliphatic carbocycles. The van der Waals surface area contributed by atoms with Crippen LogP contribution in [0, 0.1) is 11.8 Å². The lowest BCUT2D eigenvalue weighted by molar-refractivity contribution is -0.146. The molecule has 1 N–H and O–H groups in total. The number of carbonyl (C=O) groups is 3. The van der Waals surface area contributed by atoms with Gasteiger partial charge in [-0.15, -0.1) is 0 Å². The van der Waals surface area contributed by atoms with Crippen LogP contribution in [0.1, 0.15) is 46.3 Å². The summed E-state index contributed by atoms with van der Waals surface area (Å²) in [6.07, 6.45) is 2.16. The Bertz CT molecular complexity index is 1290. The predicted octanol–water partition coefficient (Wildman–Crippen LogP) is 4.36. The number of methoxy groups -OCH3 is 2. The molecule has 2 amide bonds. The van der Waals surface area contributed by atoms with E-state index in [9.17, 15) is 14.4 Å². The molecule has 4 unspecified atom stereocenters. The summed E-state index contributed by atoms with van der Waals surface area (Å²) < 4.78 is 10.7. The average molecular weight is 513 g/mol. The second-order valence-corrected chi connectivity index (χ2v) is 9.92. The van der Waals surface area contributed by atoms with Crippen LogP contribution in [0.15, 0.2) is 84.9 Å². The van der Waals surface area contributed by atoms with Crippen LogP contribution in [0.25, 0.3) is 0 Å². The van der Waals surface area contributed by atoms with Crippen molar-refractivity contribution in [2.75, 3.05) is 20.8 Å². The number of nitrogens with zero attached hydrogens (tertiary/aromatic N) is 1. The monoisotopic (exact) mass is 512 g/mol. The molecular formula is C31H32N2O5. The molecule has 2 aliphatic rings. The predicted molar refractivity (Wildman–Crippen MR) is 143 cm³/mol. The van der Waals surface area contributed by atoms with E-state index in [4.69, 9.17) is 9.47 Å². The fourth-order valence-corrected chi connectivity index (χ4v) is 5.53. The maximum absolute atomic E-state index is 14.3. The number of hydrogen-bond acceptors (Lipinski definition) is 5. The van der Waals surface area contributed by atoms with Crippen LogP contribution in [0.5, 0.6) is 5.75 Å². The minimum atomic E-state index is -0.927. The molecular weight excluding hydrogens is 480 g/mol. The third-order valence-electron chi connectivity index (χ3n) is 7.55. The van der Waals surface area contributed by atoms with E-state index in [-0.39, 0.29) is 11.8 Å². The van der Waals surface area contributed by atoms with E-state index < -0.39 is 29.9 Å². The summed E-state index contributed by atoms with van der Waals surface area (Å²) >= 11 is 0. The largest absolute Gasteiger partial charge is 0.497 e. The second-order valence-electron chi connectivity index (χ2n) is 9.92. The highest BCUT2D eigenvalue weighted by atomic mass is 16.5. The van der Waals surface area contributed by atoms with Gasteiger partial charge in [0.15, 0.2) is 0 Å². The van der Waals surface area contributed by atoms with Crippen molar-refractivity contribution in [3.63, 3.8) is 0 Å². The molecule has 1 aliphatic heterocycles. The van der Waals surface area contributed by atoms with Crippen molar-refractivity contribution in [3.05, 3.63) is 102 Å². The average Bonchev–Trinajstić information content (AvgIpc) is 3.74. The SMILES string of the molecule is COC(=O)C1C(c2ccccc2)C(C(=O)NCC2CC2)N(C(=O)c2cccc(OC)c2)C1c1ccccc1. The first-order valence-electron chi connectivity index (χ1n) is 13.0. The van der Waals surface area contributed by atoms with Gasteiger partial charge in [0.1, 0.15) is 11.8 Å². The zero-order chi connectivity index (χ0) is 26.6. The Morgan fingerprint density at radius 2 is 1.53 bits per heavy atom. The van der Waals surface area contributed by atoms with Gasteiger partial charge in [-0.25, -0.2) is 0 Å². The van der Waals surface area contributed by atoms with Gasteiger partial charge in [0, 0.05) is 18.0 Å². The van der Waals surface area contributed by atoms with Crippen LogP contribution < -0.4 is 10.1 Å². The maximum Gasteiger partial charge on any atom is 0.311 e. The zero-order valence-electron chi connectivity index (χ0n) is 21.6. The van der Waals surface area contributed by atoms with Gasteiger partial charge in [-0.2, -0.15) is 0 Å². The molecule has 0 radical (unpaired) electrons. The third kappa shape index (κ3) is 5.01. The highest BCUT2D eigenvalue weighted by Crippen LogP contribution is 2.51. The smallest absolute Gasteiger partial charge is 0.311 e. The lowest BCUT2D eigenvalue weighted by Gasteiger charge is -2.31. The Kier molecular flexibility index (Phi) is 7.45. The van der Waals surface area contributed by atoms with Gasteiger partial charge >= 0.3 is 5.97 Å². The van der Waals surface area contributed by atoms with Gasteiger partial charge in [-0.3, -0.25) is 14.4 Å². The molecule has 1 saturated carbocycles. The van der Waals surface area contributed by atoms with Crippen LogP contribution in [0.3, 0.4) is 0 Å². The van der Waals surface area contributed by atoms with E-state index in [1.807, 2.05) is 60.7 Å². The van der Waals surface area contributed by atoms with Gasteiger partial charge < -0.3 is 19.7 Å². The van der Waals surface area contributed by atoms with E-state index in [2.05, 4.69) is 5.32 Å². The Hall–Kier alpha value is -4.13. The number of carbonyl (C=O) groups excluding carboxylic acids is 3. The Balaban J connectivity index is 1.69. The van der Waals surface area contributed by atoms with Gasteiger partial charge in [-0.05, 0) is 48.1 Å². The molecule has 0 bridgehead atoms. The van der Waals surface area contributed by atoms with Crippen molar-refractivity contribution in [2.24, 2.45) is 11.8 Å². The highest BCUT2D eigenvalue weighted by Gasteiger charge is 2.58. The standard InChI is InChI=1S/C31H32N2O5/c1-37-24-15-9-14-23(18-24)30(35)33-27(22-12-7-4-8-13-22)26(31(36)38-2)25(21-10-5-3-6-11-21)28(33)29(34)32-19-20-16-17-20/h3-15,18,20,25-28H,16-17,19H2,1-2H3,(H,32,34). The first-order valence-corrected chi connectivity index (χ1v) is 13.0. The minimum Gasteiger partial charge on any atom is -0.497 e. The molecule has 1 heterocycles. The summed E-state index contributed by atoms with van der Waals surface area (Å²) in [4.78, 5) is 43.4. The molecule has 5 rings (SSSR count). The van der Waals surface area contributed by atoms with E-state index in [0.29, 0.717) is 23.8 Å². The number of ether oxygens (including phenoxy) is 2. The number of benzene rings is 3. The van der Waals surface area contributed by atoms with Gasteiger partial charge in [-0.1, -0.05) is 66.7 Å². The van der Waals surface area contributed by atoms with Crippen LogP contribution in [-0.4, -0.2) is 49.5 Å². The van der Waals surface area contributed by atoms with Crippen molar-refractivity contribution in [1.82, 2.24) is 10.2 Å². The summed E-state index contributed by atoms with van der Waals surface area (Å²) in [7, 11) is 2.89. The van der Waals surface area contributed by atoms with Gasteiger partial charge in [0.05, 0.1) is 26.2 Å². The molecule has 0 aromatic heterocycles. The highest BCUT2D eigenvalue weighted by molar-refractivity contribution is 6.00. The second kappa shape index (κ2) is 11.1. The van der Waals surface area contributed by atoms with Crippen LogP contribution in [0.4, 0.5) is 0 Å². The normalized spacial score (nSPS) is 22.5. The van der Waals surface area contributed by atoms with Crippen molar-refractivity contribution >= 4 is 17.8 Å². The van der Waals surface area contributed by atoms with E-state index in [0.717, 1.165) is 24.0 Å².